The second-order valence-corrected chi connectivity index (χ2v) is 9.49. The zero-order valence-electron chi connectivity index (χ0n) is 21.5. The van der Waals surface area contributed by atoms with Crippen molar-refractivity contribution >= 4 is 22.8 Å². The van der Waals surface area contributed by atoms with E-state index in [2.05, 4.69) is 12.2 Å². The number of aryl methyl sites for hydroxylation is 1. The summed E-state index contributed by atoms with van der Waals surface area (Å²) in [5, 5.41) is 2.99. The number of aromatic nitrogens is 2. The number of benzene rings is 2. The van der Waals surface area contributed by atoms with Gasteiger partial charge in [0.15, 0.2) is 11.5 Å². The van der Waals surface area contributed by atoms with Crippen LogP contribution >= 0.6 is 0 Å². The lowest BCUT2D eigenvalue weighted by Gasteiger charge is -2.30. The number of rotatable bonds is 10. The fourth-order valence-electron chi connectivity index (χ4n) is 4.70. The summed E-state index contributed by atoms with van der Waals surface area (Å²) < 4.78 is 12.6. The Morgan fingerprint density at radius 1 is 1.06 bits per heavy atom. The molecule has 0 radical (unpaired) electrons. The fourth-order valence-corrected chi connectivity index (χ4v) is 4.70. The van der Waals surface area contributed by atoms with Crippen LogP contribution in [0, 0.1) is 5.92 Å². The quantitative estimate of drug-likeness (QED) is 0.437. The number of para-hydroxylation sites is 2. The molecule has 0 bridgehead atoms. The van der Waals surface area contributed by atoms with Crippen LogP contribution in [0.2, 0.25) is 0 Å². The van der Waals surface area contributed by atoms with Gasteiger partial charge in [0.05, 0.1) is 31.7 Å². The van der Waals surface area contributed by atoms with Gasteiger partial charge in [0.2, 0.25) is 11.8 Å². The van der Waals surface area contributed by atoms with Gasteiger partial charge in [-0.15, -0.1) is 0 Å². The molecule has 4 rings (SSSR count). The minimum atomic E-state index is -0.0507. The molecule has 0 atom stereocenters. The van der Waals surface area contributed by atoms with Crippen molar-refractivity contribution in [3.8, 4) is 11.5 Å². The molecule has 3 aromatic rings. The van der Waals surface area contributed by atoms with Gasteiger partial charge in [-0.1, -0.05) is 25.1 Å². The van der Waals surface area contributed by atoms with Gasteiger partial charge in [-0.2, -0.15) is 0 Å². The first-order valence-electron chi connectivity index (χ1n) is 12.7. The van der Waals surface area contributed by atoms with E-state index in [0.29, 0.717) is 36.9 Å². The number of methoxy groups -OCH3 is 2. The zero-order valence-corrected chi connectivity index (χ0v) is 21.5. The van der Waals surface area contributed by atoms with E-state index in [1.165, 1.54) is 0 Å². The van der Waals surface area contributed by atoms with E-state index in [1.807, 2.05) is 45.9 Å². The molecule has 0 spiro atoms. The third-order valence-corrected chi connectivity index (χ3v) is 6.88. The van der Waals surface area contributed by atoms with Gasteiger partial charge in [0.25, 0.3) is 0 Å². The molecule has 36 heavy (non-hydrogen) atoms. The fraction of sp³-hybridized carbons (Fsp3) is 0.464. The maximum Gasteiger partial charge on any atom is 0.242 e. The summed E-state index contributed by atoms with van der Waals surface area (Å²) in [6, 6.07) is 13.4. The molecule has 1 saturated heterocycles. The number of fused-ring (bicyclic) bond motifs is 1. The third-order valence-electron chi connectivity index (χ3n) is 6.88. The van der Waals surface area contributed by atoms with Crippen molar-refractivity contribution in [1.29, 1.82) is 0 Å². The van der Waals surface area contributed by atoms with Crippen molar-refractivity contribution in [3.63, 3.8) is 0 Å². The summed E-state index contributed by atoms with van der Waals surface area (Å²) in [6.45, 7) is 4.74. The largest absolute Gasteiger partial charge is 0.493 e. The molecule has 0 unspecified atom stereocenters. The van der Waals surface area contributed by atoms with Gasteiger partial charge < -0.3 is 24.3 Å². The van der Waals surface area contributed by atoms with E-state index in [0.717, 1.165) is 54.8 Å². The molecule has 8 nitrogen and oxygen atoms in total. The van der Waals surface area contributed by atoms with Crippen molar-refractivity contribution in [1.82, 2.24) is 19.8 Å². The number of carbonyl (C=O) groups excluding carboxylic acids is 2. The summed E-state index contributed by atoms with van der Waals surface area (Å²) in [5.41, 5.74) is 2.73. The summed E-state index contributed by atoms with van der Waals surface area (Å²) in [6.07, 6.45) is 3.80. The van der Waals surface area contributed by atoms with Crippen LogP contribution in [0.15, 0.2) is 42.5 Å². The molecule has 2 amide bonds. The Balaban J connectivity index is 1.33. The second kappa shape index (κ2) is 11.9. The summed E-state index contributed by atoms with van der Waals surface area (Å²) >= 11 is 0. The third kappa shape index (κ3) is 6.17. The molecular formula is C28H36N4O4. The molecule has 1 fully saturated rings. The minimum absolute atomic E-state index is 0.0507. The Labute approximate surface area is 212 Å². The average molecular weight is 493 g/mol. The first-order valence-corrected chi connectivity index (χ1v) is 12.7. The van der Waals surface area contributed by atoms with Crippen LogP contribution in [0.25, 0.3) is 11.0 Å². The van der Waals surface area contributed by atoms with Crippen molar-refractivity contribution in [2.75, 3.05) is 33.9 Å². The van der Waals surface area contributed by atoms with Crippen LogP contribution in [0.1, 0.15) is 37.6 Å². The van der Waals surface area contributed by atoms with Crippen molar-refractivity contribution < 1.29 is 19.1 Å². The van der Waals surface area contributed by atoms with Gasteiger partial charge in [-0.3, -0.25) is 9.59 Å². The first-order chi connectivity index (χ1) is 17.5. The Morgan fingerprint density at radius 3 is 2.56 bits per heavy atom. The lowest BCUT2D eigenvalue weighted by molar-refractivity contribution is -0.133. The summed E-state index contributed by atoms with van der Waals surface area (Å²) in [7, 11) is 3.16. The predicted molar refractivity (Wildman–Crippen MR) is 139 cm³/mol. The smallest absolute Gasteiger partial charge is 0.242 e. The normalized spacial score (nSPS) is 14.1. The van der Waals surface area contributed by atoms with E-state index in [4.69, 9.17) is 14.5 Å². The number of imidazole rings is 1. The van der Waals surface area contributed by atoms with Crippen molar-refractivity contribution in [2.24, 2.45) is 5.92 Å². The molecular weight excluding hydrogens is 456 g/mol. The van der Waals surface area contributed by atoms with E-state index in [1.54, 1.807) is 20.3 Å². The van der Waals surface area contributed by atoms with Crippen molar-refractivity contribution in [2.45, 2.75) is 45.6 Å². The second-order valence-electron chi connectivity index (χ2n) is 9.49. The van der Waals surface area contributed by atoms with Gasteiger partial charge in [-0.25, -0.2) is 4.98 Å². The maximum absolute atomic E-state index is 13.1. The zero-order chi connectivity index (χ0) is 25.5. The SMILES string of the molecule is COc1ccc(CC(=O)NCCCc2nc3ccccc3n2CC(=O)N2CCC(C)CC2)cc1OC. The number of hydrogen-bond acceptors (Lipinski definition) is 5. The standard InChI is InChI=1S/C28H36N4O4/c1-20-12-15-31(16-13-20)28(34)19-32-23-8-5-4-7-22(23)30-26(32)9-6-14-29-27(33)18-21-10-11-24(35-2)25(17-21)36-3/h4-5,7-8,10-11,17,20H,6,9,12-16,18-19H2,1-3H3,(H,29,33). The number of nitrogens with one attached hydrogen (secondary N) is 1. The van der Waals surface area contributed by atoms with Gasteiger partial charge >= 0.3 is 0 Å². The highest BCUT2D eigenvalue weighted by Crippen LogP contribution is 2.27. The highest BCUT2D eigenvalue weighted by atomic mass is 16.5. The highest BCUT2D eigenvalue weighted by Gasteiger charge is 2.22. The Hall–Kier alpha value is -3.55. The number of nitrogens with zero attached hydrogens (tertiary/aromatic N) is 3. The van der Waals surface area contributed by atoms with E-state index < -0.39 is 0 Å². The molecule has 1 aliphatic rings. The van der Waals surface area contributed by atoms with Crippen LogP contribution < -0.4 is 14.8 Å². The van der Waals surface area contributed by atoms with Crippen LogP contribution in [0.4, 0.5) is 0 Å². The molecule has 0 aliphatic carbocycles. The lowest BCUT2D eigenvalue weighted by Crippen LogP contribution is -2.40. The molecule has 2 aromatic carbocycles. The number of piperidine rings is 1. The lowest BCUT2D eigenvalue weighted by atomic mass is 9.99. The number of hydrogen-bond donors (Lipinski definition) is 1. The first kappa shape index (κ1) is 25.5. The Kier molecular flexibility index (Phi) is 8.46. The van der Waals surface area contributed by atoms with Crippen LogP contribution in [0.3, 0.4) is 0 Å². The molecule has 1 N–H and O–H groups in total. The predicted octanol–water partition coefficient (Wildman–Crippen LogP) is 3.60. The van der Waals surface area contributed by atoms with E-state index in [-0.39, 0.29) is 18.2 Å². The highest BCUT2D eigenvalue weighted by molar-refractivity contribution is 5.81. The molecule has 2 heterocycles. The van der Waals surface area contributed by atoms with Crippen molar-refractivity contribution in [3.05, 3.63) is 53.9 Å². The number of likely N-dealkylation sites (tertiary alicyclic amines) is 1. The van der Waals surface area contributed by atoms with Crippen LogP contribution in [0.5, 0.6) is 11.5 Å². The Morgan fingerprint density at radius 2 is 1.81 bits per heavy atom. The number of amides is 2. The molecule has 8 heteroatoms. The maximum atomic E-state index is 13.1. The van der Waals surface area contributed by atoms with Crippen LogP contribution in [-0.2, 0) is 29.0 Å². The number of ether oxygens (including phenoxy) is 2. The minimum Gasteiger partial charge on any atom is -0.493 e. The summed E-state index contributed by atoms with van der Waals surface area (Å²) in [4.78, 5) is 32.3. The number of carbonyl (C=O) groups is 2. The Bertz CT molecular complexity index is 1200. The van der Waals surface area contributed by atoms with Gasteiger partial charge in [-0.05, 0) is 55.0 Å². The van der Waals surface area contributed by atoms with E-state index >= 15 is 0 Å². The average Bonchev–Trinajstić information content (AvgIpc) is 3.24. The molecule has 1 aliphatic heterocycles. The van der Waals surface area contributed by atoms with Gasteiger partial charge in [0.1, 0.15) is 12.4 Å². The topological polar surface area (TPSA) is 85.7 Å². The molecule has 192 valence electrons. The van der Waals surface area contributed by atoms with Crippen LogP contribution in [-0.4, -0.2) is 60.1 Å². The molecule has 0 saturated carbocycles. The molecule has 1 aromatic heterocycles. The summed E-state index contributed by atoms with van der Waals surface area (Å²) in [5.74, 6) is 2.90. The monoisotopic (exact) mass is 492 g/mol. The van der Waals surface area contributed by atoms with E-state index in [9.17, 15) is 9.59 Å². The van der Waals surface area contributed by atoms with Gasteiger partial charge in [0, 0.05) is 26.1 Å².